The summed E-state index contributed by atoms with van der Waals surface area (Å²) in [6.45, 7) is 4.85. The smallest absolute Gasteiger partial charge is 0.118 e. The van der Waals surface area contributed by atoms with Crippen molar-refractivity contribution in [2.75, 3.05) is 12.3 Å². The summed E-state index contributed by atoms with van der Waals surface area (Å²) in [4.78, 5) is 8.00. The Labute approximate surface area is 74.4 Å². The fourth-order valence-corrected chi connectivity index (χ4v) is 1.40. The minimum Gasteiger partial charge on any atom is -0.330 e. The molecule has 68 valence electrons. The lowest BCUT2D eigenvalue weighted by Gasteiger charge is -2.07. The summed E-state index contributed by atoms with van der Waals surface area (Å²) in [7, 11) is 0. The Kier molecular flexibility index (Phi) is 12.5. The standard InChI is InChI=1S/C6H16N2S.CH2O/c1-2-3-6(8)9-5-4-7;1-2/h6H,2-5,7-8H2,1H3;1H2/i/hD. The van der Waals surface area contributed by atoms with Crippen molar-refractivity contribution in [3.05, 3.63) is 0 Å². The van der Waals surface area contributed by atoms with E-state index in [4.69, 9.17) is 11.9 Å². The van der Waals surface area contributed by atoms with Crippen LogP contribution in [0.15, 0.2) is 0 Å². The molecule has 4 N–H and O–H groups in total. The second kappa shape index (κ2) is 12.6. The van der Waals surface area contributed by atoms with Crippen LogP contribution >= 0.6 is 11.8 Å². The van der Waals surface area contributed by atoms with Crippen molar-refractivity contribution >= 4 is 18.6 Å². The van der Waals surface area contributed by atoms with Gasteiger partial charge in [-0.3, -0.25) is 0 Å². The molecule has 0 aromatic heterocycles. The van der Waals surface area contributed by atoms with Gasteiger partial charge in [-0.15, -0.1) is 11.8 Å². The first-order chi connectivity index (χ1) is 5.81. The Morgan fingerprint density at radius 3 is 2.82 bits per heavy atom. The fourth-order valence-electron chi connectivity index (χ4n) is 0.578. The third-order valence-electron chi connectivity index (χ3n) is 1.01. The lowest BCUT2D eigenvalue weighted by molar-refractivity contribution is -0.0979. The Hall–Kier alpha value is -0.0600. The lowest BCUT2D eigenvalue weighted by atomic mass is 10.3. The molecule has 0 aromatic rings. The molecule has 0 aliphatic heterocycles. The van der Waals surface area contributed by atoms with E-state index in [2.05, 4.69) is 12.7 Å². The molecule has 0 amide bonds. The molecule has 0 saturated carbocycles. The molecular formula is C7H18N2OS. The van der Waals surface area contributed by atoms with Crippen LogP contribution in [0, 0.1) is 0 Å². The number of rotatable bonds is 6. The van der Waals surface area contributed by atoms with Crippen molar-refractivity contribution in [2.24, 2.45) is 11.5 Å². The molecule has 0 bridgehead atoms. The molecule has 1 atom stereocenters. The maximum atomic E-state index is 8.00. The third kappa shape index (κ3) is 13.0. The number of thioether (sulfide) groups is 1. The van der Waals surface area contributed by atoms with Gasteiger partial charge in [-0.1, -0.05) is 13.3 Å². The molecule has 11 heavy (non-hydrogen) atoms. The number of carbonyl (C=O) groups is 1. The number of carbonyl (C=O) groups excluding carboxylic acids is 1. The Morgan fingerprint density at radius 2 is 2.36 bits per heavy atom. The fraction of sp³-hybridized carbons (Fsp3) is 0.857. The zero-order valence-electron chi connectivity index (χ0n) is 8.01. The Bertz CT molecular complexity index is 87.8. The van der Waals surface area contributed by atoms with Crippen molar-refractivity contribution in [1.82, 2.24) is 0 Å². The van der Waals surface area contributed by atoms with Crippen molar-refractivity contribution in [3.8, 4) is 0 Å². The van der Waals surface area contributed by atoms with E-state index in [1.165, 1.54) is 0 Å². The van der Waals surface area contributed by atoms with E-state index in [0.717, 1.165) is 25.1 Å². The van der Waals surface area contributed by atoms with E-state index in [1.54, 1.807) is 11.8 Å². The van der Waals surface area contributed by atoms with Gasteiger partial charge in [0.25, 0.3) is 0 Å². The summed E-state index contributed by atoms with van der Waals surface area (Å²) in [5, 5.41) is 0.262. The van der Waals surface area contributed by atoms with Crippen LogP contribution in [0.3, 0.4) is 0 Å². The van der Waals surface area contributed by atoms with Gasteiger partial charge in [0.1, 0.15) is 8.20 Å². The first-order valence-electron chi connectivity index (χ1n) is 4.12. The van der Waals surface area contributed by atoms with Gasteiger partial charge in [-0.05, 0) is 6.42 Å². The monoisotopic (exact) mass is 179 g/mol. The molecular weight excluding hydrogens is 160 g/mol. The van der Waals surface area contributed by atoms with Crippen molar-refractivity contribution in [1.29, 1.82) is 0 Å². The zero-order valence-corrected chi connectivity index (χ0v) is 7.82. The van der Waals surface area contributed by atoms with Crippen molar-refractivity contribution in [3.63, 3.8) is 0 Å². The summed E-state index contributed by atoms with van der Waals surface area (Å²) >= 11 is 1.72. The van der Waals surface area contributed by atoms with E-state index in [1.807, 2.05) is 6.79 Å². The molecule has 4 heteroatoms. The van der Waals surface area contributed by atoms with Crippen LogP contribution in [0.2, 0.25) is 1.41 Å². The normalized spacial score (nSPS) is 12.7. The number of hydrogen-bond acceptors (Lipinski definition) is 4. The molecule has 3 nitrogen and oxygen atoms in total. The summed E-state index contributed by atoms with van der Waals surface area (Å²) in [5.41, 5.74) is 8.04. The SMILES string of the molecule is C=O.[2H]NCCSC(N)CCC. The largest absolute Gasteiger partial charge is 0.330 e. The van der Waals surface area contributed by atoms with Crippen LogP contribution in [0.25, 0.3) is 0 Å². The summed E-state index contributed by atoms with van der Waals surface area (Å²) in [6.07, 6.45) is 2.21. The minimum atomic E-state index is 0.262. The molecule has 1 unspecified atom stereocenters. The zero-order chi connectivity index (χ0) is 9.82. The summed E-state index contributed by atoms with van der Waals surface area (Å²) < 4.78 is 6.64. The average molecular weight is 179 g/mol. The minimum absolute atomic E-state index is 0.262. The van der Waals surface area contributed by atoms with E-state index < -0.39 is 0 Å². The first kappa shape index (κ1) is 10.9. The molecule has 0 heterocycles. The average Bonchev–Trinajstić information content (AvgIpc) is 2.09. The van der Waals surface area contributed by atoms with E-state index in [-0.39, 0.29) is 5.37 Å². The lowest BCUT2D eigenvalue weighted by Crippen LogP contribution is -2.17. The molecule has 0 rings (SSSR count). The van der Waals surface area contributed by atoms with Gasteiger partial charge in [0.2, 0.25) is 0 Å². The first-order valence-corrected chi connectivity index (χ1v) is 4.66. The van der Waals surface area contributed by atoms with Gasteiger partial charge in [-0.25, -0.2) is 0 Å². The second-order valence-corrected chi connectivity index (χ2v) is 3.29. The third-order valence-corrected chi connectivity index (χ3v) is 2.11. The molecule has 0 fully saturated rings. The van der Waals surface area contributed by atoms with E-state index >= 15 is 0 Å². The van der Waals surface area contributed by atoms with Gasteiger partial charge in [0, 0.05) is 12.3 Å². The van der Waals surface area contributed by atoms with Crippen LogP contribution in [-0.2, 0) is 4.79 Å². The summed E-state index contributed by atoms with van der Waals surface area (Å²) in [5.74, 6) is 0.935. The topological polar surface area (TPSA) is 69.1 Å². The predicted octanol–water partition coefficient (Wildman–Crippen LogP) is 0.578. The highest BCUT2D eigenvalue weighted by Crippen LogP contribution is 2.08. The number of nitrogens with two attached hydrogens (primary N) is 2. The molecule has 0 aliphatic rings. The highest BCUT2D eigenvalue weighted by molar-refractivity contribution is 7.99. The molecule has 0 saturated heterocycles. The van der Waals surface area contributed by atoms with E-state index in [0.29, 0.717) is 0 Å². The van der Waals surface area contributed by atoms with Crippen LogP contribution < -0.4 is 11.5 Å². The molecule has 0 aliphatic carbocycles. The Balaban J connectivity index is 0. The highest BCUT2D eigenvalue weighted by Gasteiger charge is 1.97. The van der Waals surface area contributed by atoms with Gasteiger partial charge < -0.3 is 16.3 Å². The maximum absolute atomic E-state index is 8.00. The van der Waals surface area contributed by atoms with Crippen LogP contribution in [-0.4, -0.2) is 24.5 Å². The molecule has 0 spiro atoms. The predicted molar refractivity (Wildman–Crippen MR) is 51.5 cm³/mol. The van der Waals surface area contributed by atoms with Gasteiger partial charge >= 0.3 is 0 Å². The highest BCUT2D eigenvalue weighted by atomic mass is 32.2. The summed E-state index contributed by atoms with van der Waals surface area (Å²) in [6, 6.07) is 0. The maximum Gasteiger partial charge on any atom is 0.118 e. The van der Waals surface area contributed by atoms with Crippen molar-refractivity contribution < 1.29 is 6.21 Å². The van der Waals surface area contributed by atoms with Crippen molar-refractivity contribution in [2.45, 2.75) is 25.1 Å². The quantitative estimate of drug-likeness (QED) is 0.462. The van der Waals surface area contributed by atoms with E-state index in [9.17, 15) is 0 Å². The van der Waals surface area contributed by atoms with Crippen LogP contribution in [0.4, 0.5) is 0 Å². The molecule has 0 radical (unpaired) electrons. The van der Waals surface area contributed by atoms with Gasteiger partial charge in [-0.2, -0.15) is 0 Å². The van der Waals surface area contributed by atoms with Gasteiger partial charge in [0.05, 0.1) is 5.37 Å². The second-order valence-electron chi connectivity index (χ2n) is 1.95. The Morgan fingerprint density at radius 1 is 1.73 bits per heavy atom. The number of hydrogen-bond donors (Lipinski definition) is 2. The van der Waals surface area contributed by atoms with Crippen LogP contribution in [0.5, 0.6) is 0 Å². The molecule has 0 aromatic carbocycles. The van der Waals surface area contributed by atoms with Gasteiger partial charge in [0.15, 0.2) is 0 Å². The van der Waals surface area contributed by atoms with Crippen LogP contribution in [0.1, 0.15) is 19.8 Å².